The fourth-order valence-corrected chi connectivity index (χ4v) is 3.60. The summed E-state index contributed by atoms with van der Waals surface area (Å²) in [5.74, 6) is 0. The van der Waals surface area contributed by atoms with Crippen LogP contribution in [0.5, 0.6) is 0 Å². The smallest absolute Gasteiger partial charge is 0.114 e. The standard InChI is InChI=1S/C22H42O5/c1-2-3-4-5-6-7-8-9-10-11-12-13-14-15-16-26-22-20(25)18-27-21(22)19(24)17-23/h2-3,19-25H,4-18H2,1H3/b3-2+/t19-,20+,21+,22+/m0/s1. The van der Waals surface area contributed by atoms with Gasteiger partial charge >= 0.3 is 0 Å². The van der Waals surface area contributed by atoms with Crippen molar-refractivity contribution >= 4 is 0 Å². The lowest BCUT2D eigenvalue weighted by molar-refractivity contribution is -0.0938. The van der Waals surface area contributed by atoms with Gasteiger partial charge < -0.3 is 24.8 Å². The maximum Gasteiger partial charge on any atom is 0.114 e. The second kappa shape index (κ2) is 16.5. The molecule has 0 aromatic carbocycles. The van der Waals surface area contributed by atoms with Crippen LogP contribution in [0.15, 0.2) is 12.2 Å². The van der Waals surface area contributed by atoms with Crippen molar-refractivity contribution in [3.05, 3.63) is 12.2 Å². The van der Waals surface area contributed by atoms with Gasteiger partial charge in [0.25, 0.3) is 0 Å². The van der Waals surface area contributed by atoms with Crippen molar-refractivity contribution in [3.8, 4) is 0 Å². The summed E-state index contributed by atoms with van der Waals surface area (Å²) in [5, 5.41) is 28.6. The third kappa shape index (κ3) is 11.2. The predicted molar refractivity (Wildman–Crippen MR) is 109 cm³/mol. The van der Waals surface area contributed by atoms with E-state index in [-0.39, 0.29) is 13.2 Å². The average molecular weight is 387 g/mol. The molecule has 3 N–H and O–H groups in total. The zero-order valence-electron chi connectivity index (χ0n) is 17.2. The molecule has 1 rings (SSSR count). The Labute approximate surface area is 165 Å². The highest BCUT2D eigenvalue weighted by Crippen LogP contribution is 2.21. The van der Waals surface area contributed by atoms with E-state index in [4.69, 9.17) is 14.6 Å². The number of unbranched alkanes of at least 4 members (excludes halogenated alkanes) is 11. The van der Waals surface area contributed by atoms with E-state index in [1.54, 1.807) is 0 Å². The van der Waals surface area contributed by atoms with Gasteiger partial charge in [-0.2, -0.15) is 0 Å². The van der Waals surface area contributed by atoms with Crippen LogP contribution in [-0.4, -0.2) is 59.6 Å². The average Bonchev–Trinajstić information content (AvgIpc) is 3.04. The van der Waals surface area contributed by atoms with Crippen LogP contribution in [-0.2, 0) is 9.47 Å². The Bertz CT molecular complexity index is 361. The highest BCUT2D eigenvalue weighted by Gasteiger charge is 2.40. The SMILES string of the molecule is C/C=C/CCCCCCCCCCCCCO[C@H]1[C@@H]([C@@H](O)CO)OC[C@H]1O. The normalized spacial score (nSPS) is 24.1. The molecule has 0 amide bonds. The second-order valence-corrected chi connectivity index (χ2v) is 7.70. The monoisotopic (exact) mass is 386 g/mol. The van der Waals surface area contributed by atoms with Gasteiger partial charge in [-0.15, -0.1) is 0 Å². The molecule has 5 nitrogen and oxygen atoms in total. The van der Waals surface area contributed by atoms with E-state index in [1.807, 2.05) is 0 Å². The molecule has 5 heteroatoms. The van der Waals surface area contributed by atoms with Crippen LogP contribution in [0.4, 0.5) is 0 Å². The first kappa shape index (κ1) is 24.6. The largest absolute Gasteiger partial charge is 0.394 e. The fraction of sp³-hybridized carbons (Fsp3) is 0.909. The molecule has 0 spiro atoms. The van der Waals surface area contributed by atoms with Crippen molar-refractivity contribution in [2.45, 2.75) is 108 Å². The van der Waals surface area contributed by atoms with Crippen molar-refractivity contribution in [3.63, 3.8) is 0 Å². The Hall–Kier alpha value is -0.460. The van der Waals surface area contributed by atoms with Crippen LogP contribution in [0.25, 0.3) is 0 Å². The van der Waals surface area contributed by atoms with Crippen molar-refractivity contribution in [2.75, 3.05) is 19.8 Å². The molecule has 0 bridgehead atoms. The number of ether oxygens (including phenoxy) is 2. The topological polar surface area (TPSA) is 79.2 Å². The first-order valence-electron chi connectivity index (χ1n) is 11.0. The summed E-state index contributed by atoms with van der Waals surface area (Å²) < 4.78 is 11.0. The zero-order chi connectivity index (χ0) is 19.7. The third-order valence-electron chi connectivity index (χ3n) is 5.29. The molecule has 160 valence electrons. The van der Waals surface area contributed by atoms with Gasteiger partial charge in [-0.1, -0.05) is 69.9 Å². The van der Waals surface area contributed by atoms with Crippen LogP contribution in [0.2, 0.25) is 0 Å². The summed E-state index contributed by atoms with van der Waals surface area (Å²) in [6.45, 7) is 2.42. The summed E-state index contributed by atoms with van der Waals surface area (Å²) in [6.07, 6.45) is 16.8. The predicted octanol–water partition coefficient (Wildman–Crippen LogP) is 3.74. The van der Waals surface area contributed by atoms with Crippen molar-refractivity contribution in [2.24, 2.45) is 0 Å². The molecular formula is C22H42O5. The summed E-state index contributed by atoms with van der Waals surface area (Å²) in [4.78, 5) is 0. The lowest BCUT2D eigenvalue weighted by Gasteiger charge is -2.23. The Balaban J connectivity index is 1.87. The first-order valence-corrected chi connectivity index (χ1v) is 11.0. The van der Waals surface area contributed by atoms with Crippen LogP contribution in [0, 0.1) is 0 Å². The lowest BCUT2D eigenvalue weighted by atomic mass is 10.0. The Morgan fingerprint density at radius 2 is 1.52 bits per heavy atom. The molecule has 0 radical (unpaired) electrons. The van der Waals surface area contributed by atoms with E-state index < -0.39 is 24.4 Å². The maximum absolute atomic E-state index is 9.87. The number of hydrogen-bond donors (Lipinski definition) is 3. The van der Waals surface area contributed by atoms with Gasteiger partial charge in [0.05, 0.1) is 13.2 Å². The molecule has 27 heavy (non-hydrogen) atoms. The van der Waals surface area contributed by atoms with Gasteiger partial charge in [0.15, 0.2) is 0 Å². The molecule has 0 aromatic rings. The number of rotatable bonds is 17. The summed E-state index contributed by atoms with van der Waals surface area (Å²) in [7, 11) is 0. The third-order valence-corrected chi connectivity index (χ3v) is 5.29. The van der Waals surface area contributed by atoms with Gasteiger partial charge in [-0.05, 0) is 26.2 Å². The van der Waals surface area contributed by atoms with Crippen LogP contribution < -0.4 is 0 Å². The summed E-state index contributed by atoms with van der Waals surface area (Å²) in [6, 6.07) is 0. The quantitative estimate of drug-likeness (QED) is 0.262. The van der Waals surface area contributed by atoms with E-state index in [0.717, 1.165) is 12.8 Å². The number of allylic oxidation sites excluding steroid dienone is 2. The van der Waals surface area contributed by atoms with Crippen molar-refractivity contribution < 1.29 is 24.8 Å². The summed E-state index contributed by atoms with van der Waals surface area (Å²) in [5.41, 5.74) is 0. The molecular weight excluding hydrogens is 344 g/mol. The van der Waals surface area contributed by atoms with E-state index in [2.05, 4.69) is 19.1 Å². The Morgan fingerprint density at radius 1 is 0.963 bits per heavy atom. The lowest BCUT2D eigenvalue weighted by Crippen LogP contribution is -2.42. The molecule has 0 aliphatic carbocycles. The van der Waals surface area contributed by atoms with Crippen molar-refractivity contribution in [1.29, 1.82) is 0 Å². The minimum absolute atomic E-state index is 0.155. The van der Waals surface area contributed by atoms with Crippen molar-refractivity contribution in [1.82, 2.24) is 0 Å². The van der Waals surface area contributed by atoms with Gasteiger partial charge in [-0.3, -0.25) is 0 Å². The minimum Gasteiger partial charge on any atom is -0.394 e. The fourth-order valence-electron chi connectivity index (χ4n) is 3.60. The molecule has 0 unspecified atom stereocenters. The highest BCUT2D eigenvalue weighted by atomic mass is 16.6. The number of aliphatic hydroxyl groups excluding tert-OH is 3. The molecule has 1 saturated heterocycles. The van der Waals surface area contributed by atoms with E-state index in [1.165, 1.54) is 64.2 Å². The molecule has 1 heterocycles. The van der Waals surface area contributed by atoms with Crippen LogP contribution in [0.3, 0.4) is 0 Å². The zero-order valence-corrected chi connectivity index (χ0v) is 17.2. The van der Waals surface area contributed by atoms with Gasteiger partial charge in [0.1, 0.15) is 24.4 Å². The Kier molecular flexibility index (Phi) is 15.0. The molecule has 1 fully saturated rings. The van der Waals surface area contributed by atoms with Crippen LogP contribution in [0.1, 0.15) is 84.0 Å². The molecule has 1 aliphatic heterocycles. The second-order valence-electron chi connectivity index (χ2n) is 7.70. The van der Waals surface area contributed by atoms with E-state index >= 15 is 0 Å². The van der Waals surface area contributed by atoms with Gasteiger partial charge in [0, 0.05) is 6.61 Å². The molecule has 0 aromatic heterocycles. The highest BCUT2D eigenvalue weighted by molar-refractivity contribution is 4.89. The first-order chi connectivity index (χ1) is 13.2. The summed E-state index contributed by atoms with van der Waals surface area (Å²) >= 11 is 0. The molecule has 0 saturated carbocycles. The van der Waals surface area contributed by atoms with Gasteiger partial charge in [-0.25, -0.2) is 0 Å². The van der Waals surface area contributed by atoms with Gasteiger partial charge in [0.2, 0.25) is 0 Å². The Morgan fingerprint density at radius 3 is 2.07 bits per heavy atom. The van der Waals surface area contributed by atoms with E-state index in [9.17, 15) is 10.2 Å². The maximum atomic E-state index is 9.87. The molecule has 4 atom stereocenters. The number of hydrogen-bond acceptors (Lipinski definition) is 5. The van der Waals surface area contributed by atoms with E-state index in [0.29, 0.717) is 6.61 Å². The van der Waals surface area contributed by atoms with Crippen LogP contribution >= 0.6 is 0 Å². The number of aliphatic hydroxyl groups is 3. The minimum atomic E-state index is -1.000. The molecule has 1 aliphatic rings.